The highest BCUT2D eigenvalue weighted by atomic mass is 16.6. The van der Waals surface area contributed by atoms with Gasteiger partial charge in [-0.1, -0.05) is 6.07 Å². The maximum atomic E-state index is 11.6. The Morgan fingerprint density at radius 2 is 2.00 bits per heavy atom. The van der Waals surface area contributed by atoms with Gasteiger partial charge in [0, 0.05) is 13.0 Å². The Kier molecular flexibility index (Phi) is 3.56. The molecule has 2 heterocycles. The number of benzene rings is 1. The van der Waals surface area contributed by atoms with Crippen molar-refractivity contribution in [2.24, 2.45) is 0 Å². The summed E-state index contributed by atoms with van der Waals surface area (Å²) in [5.74, 6) is 1.03. The van der Waals surface area contributed by atoms with Gasteiger partial charge >= 0.3 is 0 Å². The van der Waals surface area contributed by atoms with Crippen molar-refractivity contribution >= 4 is 11.8 Å². The second-order valence-electron chi connectivity index (χ2n) is 4.86. The van der Waals surface area contributed by atoms with Crippen LogP contribution >= 0.6 is 0 Å². The van der Waals surface area contributed by atoms with Crippen LogP contribution in [0.15, 0.2) is 18.2 Å². The van der Waals surface area contributed by atoms with Crippen molar-refractivity contribution in [3.8, 4) is 11.5 Å². The predicted molar refractivity (Wildman–Crippen MR) is 70.4 cm³/mol. The molecule has 0 saturated carbocycles. The van der Waals surface area contributed by atoms with E-state index in [1.807, 2.05) is 18.2 Å². The summed E-state index contributed by atoms with van der Waals surface area (Å²) in [6.07, 6.45) is 0.916. The zero-order chi connectivity index (χ0) is 13.9. The van der Waals surface area contributed by atoms with Crippen LogP contribution < -0.4 is 20.1 Å². The molecule has 20 heavy (non-hydrogen) atoms. The van der Waals surface area contributed by atoms with Gasteiger partial charge < -0.3 is 14.8 Å². The van der Waals surface area contributed by atoms with Crippen LogP contribution in [-0.2, 0) is 16.1 Å². The van der Waals surface area contributed by atoms with Crippen molar-refractivity contribution in [1.29, 1.82) is 0 Å². The first-order chi connectivity index (χ1) is 9.72. The molecule has 1 unspecified atom stereocenters. The Hall–Kier alpha value is -2.08. The summed E-state index contributed by atoms with van der Waals surface area (Å²) in [5.41, 5.74) is 1.01. The van der Waals surface area contributed by atoms with E-state index in [2.05, 4.69) is 10.6 Å². The van der Waals surface area contributed by atoms with Crippen molar-refractivity contribution < 1.29 is 19.1 Å². The van der Waals surface area contributed by atoms with E-state index in [-0.39, 0.29) is 17.9 Å². The maximum absolute atomic E-state index is 11.6. The smallest absolute Gasteiger partial charge is 0.243 e. The molecule has 0 aromatic heterocycles. The molecule has 106 valence electrons. The molecule has 2 N–H and O–H groups in total. The van der Waals surface area contributed by atoms with Crippen LogP contribution in [0, 0.1) is 0 Å². The van der Waals surface area contributed by atoms with E-state index in [9.17, 15) is 9.59 Å². The molecule has 1 atom stereocenters. The molecule has 2 amide bonds. The van der Waals surface area contributed by atoms with E-state index in [0.717, 1.165) is 17.1 Å². The fourth-order valence-electron chi connectivity index (χ4n) is 2.33. The lowest BCUT2D eigenvalue weighted by atomic mass is 10.1. The number of rotatable bonds is 3. The number of carbonyl (C=O) groups is 2. The van der Waals surface area contributed by atoms with Gasteiger partial charge in [-0.3, -0.25) is 14.9 Å². The quantitative estimate of drug-likeness (QED) is 0.779. The summed E-state index contributed by atoms with van der Waals surface area (Å²) in [5, 5.41) is 5.48. The predicted octanol–water partition coefficient (Wildman–Crippen LogP) is 0.353. The van der Waals surface area contributed by atoms with Crippen LogP contribution in [0.1, 0.15) is 18.4 Å². The molecule has 6 nitrogen and oxygen atoms in total. The van der Waals surface area contributed by atoms with Crippen LogP contribution in [0.3, 0.4) is 0 Å². The number of hydrogen-bond acceptors (Lipinski definition) is 5. The van der Waals surface area contributed by atoms with Crippen LogP contribution in [0.25, 0.3) is 0 Å². The summed E-state index contributed by atoms with van der Waals surface area (Å²) < 4.78 is 11.0. The third kappa shape index (κ3) is 2.75. The second kappa shape index (κ2) is 5.50. The highest BCUT2D eigenvalue weighted by Gasteiger charge is 2.25. The van der Waals surface area contributed by atoms with Gasteiger partial charge in [-0.2, -0.15) is 0 Å². The summed E-state index contributed by atoms with van der Waals surface area (Å²) in [4.78, 5) is 22.7. The number of imide groups is 1. The number of nitrogens with one attached hydrogen (secondary N) is 2. The lowest BCUT2D eigenvalue weighted by molar-refractivity contribution is -0.134. The first-order valence-corrected chi connectivity index (χ1v) is 6.68. The van der Waals surface area contributed by atoms with Gasteiger partial charge in [0.05, 0.1) is 6.04 Å². The lowest BCUT2D eigenvalue weighted by Crippen LogP contribution is -2.50. The molecule has 3 rings (SSSR count). The first-order valence-electron chi connectivity index (χ1n) is 6.68. The average Bonchev–Trinajstić information content (AvgIpc) is 2.46. The van der Waals surface area contributed by atoms with Gasteiger partial charge in [-0.25, -0.2) is 0 Å². The van der Waals surface area contributed by atoms with E-state index >= 15 is 0 Å². The summed E-state index contributed by atoms with van der Waals surface area (Å²) in [7, 11) is 0. The number of hydrogen-bond donors (Lipinski definition) is 2. The number of fused-ring (bicyclic) bond motifs is 1. The SMILES string of the molecule is O=C1CCC(NCc2ccc3c(c2)OCCO3)C(=O)N1. The Morgan fingerprint density at radius 1 is 1.20 bits per heavy atom. The van der Waals surface area contributed by atoms with E-state index in [0.29, 0.717) is 32.6 Å². The fourth-order valence-corrected chi connectivity index (χ4v) is 2.33. The highest BCUT2D eigenvalue weighted by molar-refractivity contribution is 6.00. The molecule has 1 saturated heterocycles. The van der Waals surface area contributed by atoms with Crippen molar-refractivity contribution in [2.75, 3.05) is 13.2 Å². The summed E-state index contributed by atoms with van der Waals surface area (Å²) in [6, 6.07) is 5.40. The third-order valence-electron chi connectivity index (χ3n) is 3.40. The van der Waals surface area contributed by atoms with Crippen molar-refractivity contribution in [3.63, 3.8) is 0 Å². The van der Waals surface area contributed by atoms with Crippen LogP contribution in [-0.4, -0.2) is 31.1 Å². The van der Waals surface area contributed by atoms with Crippen LogP contribution in [0.2, 0.25) is 0 Å². The zero-order valence-electron chi connectivity index (χ0n) is 11.0. The number of carbonyl (C=O) groups excluding carboxylic acids is 2. The largest absolute Gasteiger partial charge is 0.486 e. The molecule has 6 heteroatoms. The van der Waals surface area contributed by atoms with Crippen LogP contribution in [0.4, 0.5) is 0 Å². The van der Waals surface area contributed by atoms with E-state index in [1.165, 1.54) is 0 Å². The van der Waals surface area contributed by atoms with E-state index in [1.54, 1.807) is 0 Å². The highest BCUT2D eigenvalue weighted by Crippen LogP contribution is 2.30. The van der Waals surface area contributed by atoms with Crippen LogP contribution in [0.5, 0.6) is 11.5 Å². The van der Waals surface area contributed by atoms with Gasteiger partial charge in [-0.15, -0.1) is 0 Å². The Morgan fingerprint density at radius 3 is 2.80 bits per heavy atom. The normalized spacial score (nSPS) is 21.5. The van der Waals surface area contributed by atoms with E-state index < -0.39 is 0 Å². The number of ether oxygens (including phenoxy) is 2. The molecule has 0 aliphatic carbocycles. The fraction of sp³-hybridized carbons (Fsp3) is 0.429. The monoisotopic (exact) mass is 276 g/mol. The minimum absolute atomic E-state index is 0.202. The summed E-state index contributed by atoms with van der Waals surface area (Å²) in [6.45, 7) is 1.67. The van der Waals surface area contributed by atoms with Gasteiger partial charge in [0.15, 0.2) is 11.5 Å². The first kappa shape index (κ1) is 12.9. The molecule has 1 fully saturated rings. The van der Waals surface area contributed by atoms with Crippen molar-refractivity contribution in [2.45, 2.75) is 25.4 Å². The molecule has 1 aromatic carbocycles. The molecule has 0 spiro atoms. The summed E-state index contributed by atoms with van der Waals surface area (Å²) >= 11 is 0. The minimum Gasteiger partial charge on any atom is -0.486 e. The number of amides is 2. The van der Waals surface area contributed by atoms with E-state index in [4.69, 9.17) is 9.47 Å². The maximum Gasteiger partial charge on any atom is 0.243 e. The number of piperidine rings is 1. The van der Waals surface area contributed by atoms with Gasteiger partial charge in [0.25, 0.3) is 0 Å². The zero-order valence-corrected chi connectivity index (χ0v) is 11.0. The topological polar surface area (TPSA) is 76.7 Å². The molecular formula is C14H16N2O4. The third-order valence-corrected chi connectivity index (χ3v) is 3.40. The molecular weight excluding hydrogens is 260 g/mol. The molecule has 2 aliphatic heterocycles. The standard InChI is InChI=1S/C14H16N2O4/c17-13-4-2-10(14(18)16-13)15-8-9-1-3-11-12(7-9)20-6-5-19-11/h1,3,7,10,15H,2,4-6,8H2,(H,16,17,18). The second-order valence-corrected chi connectivity index (χ2v) is 4.86. The minimum atomic E-state index is -0.319. The van der Waals surface area contributed by atoms with Gasteiger partial charge in [0.2, 0.25) is 11.8 Å². The molecule has 1 aromatic rings. The average molecular weight is 276 g/mol. The molecule has 0 radical (unpaired) electrons. The molecule has 0 bridgehead atoms. The van der Waals surface area contributed by atoms with Gasteiger partial charge in [0.1, 0.15) is 13.2 Å². The Labute approximate surface area is 116 Å². The lowest BCUT2D eigenvalue weighted by Gasteiger charge is -2.22. The van der Waals surface area contributed by atoms with Crippen molar-refractivity contribution in [1.82, 2.24) is 10.6 Å². The Bertz CT molecular complexity index is 544. The van der Waals surface area contributed by atoms with Crippen molar-refractivity contribution in [3.05, 3.63) is 23.8 Å². The molecule has 2 aliphatic rings. The Balaban J connectivity index is 1.61. The van der Waals surface area contributed by atoms with Gasteiger partial charge in [-0.05, 0) is 24.1 Å².